The summed E-state index contributed by atoms with van der Waals surface area (Å²) in [6.07, 6.45) is 1.97. The van der Waals surface area contributed by atoms with Crippen LogP contribution >= 0.6 is 0 Å². The first-order valence-corrected chi connectivity index (χ1v) is 5.75. The van der Waals surface area contributed by atoms with Gasteiger partial charge in [0.1, 0.15) is 0 Å². The maximum Gasteiger partial charge on any atom is 0.152 e. The number of aromatic nitrogens is 2. The van der Waals surface area contributed by atoms with Crippen molar-refractivity contribution in [2.75, 3.05) is 11.1 Å². The van der Waals surface area contributed by atoms with Crippen LogP contribution < -0.4 is 11.1 Å². The van der Waals surface area contributed by atoms with E-state index in [4.69, 9.17) is 5.73 Å². The summed E-state index contributed by atoms with van der Waals surface area (Å²) in [5, 5.41) is 7.72. The average molecular weight is 230 g/mol. The topological polar surface area (TPSA) is 55.9 Å². The highest BCUT2D eigenvalue weighted by atomic mass is 15.3. The minimum absolute atomic E-state index is 0.368. The highest BCUT2D eigenvalue weighted by Crippen LogP contribution is 2.23. The Labute approximate surface area is 101 Å². The molecule has 4 nitrogen and oxygen atoms in total. The molecule has 4 heteroatoms. The molecule has 2 rings (SSSR count). The van der Waals surface area contributed by atoms with Crippen molar-refractivity contribution in [2.24, 2.45) is 0 Å². The Kier molecular flexibility index (Phi) is 3.04. The number of rotatable bonds is 3. The van der Waals surface area contributed by atoms with Gasteiger partial charge in [-0.3, -0.25) is 4.68 Å². The van der Waals surface area contributed by atoms with Crippen LogP contribution in [0.1, 0.15) is 25.5 Å². The number of nitrogen functional groups attached to an aromatic ring is 1. The highest BCUT2D eigenvalue weighted by molar-refractivity contribution is 5.67. The van der Waals surface area contributed by atoms with Gasteiger partial charge in [0.2, 0.25) is 0 Å². The predicted molar refractivity (Wildman–Crippen MR) is 71.5 cm³/mol. The Morgan fingerprint density at radius 2 is 2.06 bits per heavy atom. The molecule has 0 fully saturated rings. The van der Waals surface area contributed by atoms with Crippen molar-refractivity contribution in [1.82, 2.24) is 9.78 Å². The summed E-state index contributed by atoms with van der Waals surface area (Å²) in [4.78, 5) is 0. The summed E-state index contributed by atoms with van der Waals surface area (Å²) in [5.74, 6) is 0.840. The van der Waals surface area contributed by atoms with E-state index in [-0.39, 0.29) is 0 Å². The third-order valence-electron chi connectivity index (χ3n) is 2.78. The second-order valence-electron chi connectivity index (χ2n) is 4.42. The molecule has 1 aromatic heterocycles. The van der Waals surface area contributed by atoms with E-state index in [1.807, 2.05) is 42.1 Å². The van der Waals surface area contributed by atoms with Crippen molar-refractivity contribution in [3.05, 3.63) is 36.0 Å². The molecule has 0 amide bonds. The van der Waals surface area contributed by atoms with Crippen molar-refractivity contribution < 1.29 is 0 Å². The molecule has 1 aromatic carbocycles. The van der Waals surface area contributed by atoms with Gasteiger partial charge in [0.15, 0.2) is 5.82 Å². The number of anilines is 3. The number of nitrogens with zero attached hydrogens (tertiary/aromatic N) is 2. The van der Waals surface area contributed by atoms with Crippen LogP contribution in [0, 0.1) is 6.92 Å². The van der Waals surface area contributed by atoms with E-state index in [2.05, 4.69) is 24.3 Å². The van der Waals surface area contributed by atoms with Gasteiger partial charge in [0.05, 0.1) is 0 Å². The fraction of sp³-hybridized carbons (Fsp3) is 0.308. The molecule has 0 aliphatic heterocycles. The standard InChI is InChI=1S/C13H18N4/c1-9(2)17-8-7-13(16-17)15-12-6-4-5-11(14)10(12)3/h4-9H,14H2,1-3H3,(H,15,16). The molecule has 0 saturated heterocycles. The summed E-state index contributed by atoms with van der Waals surface area (Å²) in [6.45, 7) is 6.20. The molecule has 0 radical (unpaired) electrons. The van der Waals surface area contributed by atoms with Gasteiger partial charge in [-0.2, -0.15) is 5.10 Å². The zero-order chi connectivity index (χ0) is 12.4. The maximum atomic E-state index is 5.86. The van der Waals surface area contributed by atoms with E-state index < -0.39 is 0 Å². The SMILES string of the molecule is Cc1c(N)cccc1Nc1ccn(C(C)C)n1. The lowest BCUT2D eigenvalue weighted by atomic mass is 10.1. The summed E-state index contributed by atoms with van der Waals surface area (Å²) < 4.78 is 1.92. The van der Waals surface area contributed by atoms with Crippen molar-refractivity contribution >= 4 is 17.2 Å². The predicted octanol–water partition coefficient (Wildman–Crippen LogP) is 3.10. The molecule has 3 N–H and O–H groups in total. The first-order chi connectivity index (χ1) is 8.08. The Hall–Kier alpha value is -1.97. The largest absolute Gasteiger partial charge is 0.398 e. The molecule has 2 aromatic rings. The molecule has 0 aliphatic carbocycles. The van der Waals surface area contributed by atoms with Gasteiger partial charge >= 0.3 is 0 Å². The lowest BCUT2D eigenvalue weighted by Gasteiger charge is -2.09. The van der Waals surface area contributed by atoms with Crippen LogP contribution in [0.3, 0.4) is 0 Å². The van der Waals surface area contributed by atoms with E-state index in [0.29, 0.717) is 6.04 Å². The van der Waals surface area contributed by atoms with Gasteiger partial charge in [-0.25, -0.2) is 0 Å². The number of hydrogen-bond donors (Lipinski definition) is 2. The molecule has 0 saturated carbocycles. The van der Waals surface area contributed by atoms with Crippen molar-refractivity contribution in [2.45, 2.75) is 26.8 Å². The quantitative estimate of drug-likeness (QED) is 0.797. The molecule has 90 valence electrons. The third kappa shape index (κ3) is 2.41. The van der Waals surface area contributed by atoms with Crippen LogP contribution in [0.5, 0.6) is 0 Å². The summed E-state index contributed by atoms with van der Waals surface area (Å²) in [6, 6.07) is 8.16. The van der Waals surface area contributed by atoms with Crippen LogP contribution in [0.2, 0.25) is 0 Å². The first-order valence-electron chi connectivity index (χ1n) is 5.75. The Morgan fingerprint density at radius 1 is 1.29 bits per heavy atom. The molecule has 0 aliphatic rings. The van der Waals surface area contributed by atoms with Gasteiger partial charge in [-0.05, 0) is 38.5 Å². The minimum Gasteiger partial charge on any atom is -0.398 e. The maximum absolute atomic E-state index is 5.86. The van der Waals surface area contributed by atoms with Gasteiger partial charge in [-0.1, -0.05) is 6.07 Å². The van der Waals surface area contributed by atoms with Crippen LogP contribution in [0.15, 0.2) is 30.5 Å². The Bertz CT molecular complexity index is 514. The lowest BCUT2D eigenvalue weighted by molar-refractivity contribution is 0.534. The van der Waals surface area contributed by atoms with Crippen LogP contribution in [0.4, 0.5) is 17.2 Å². The summed E-state index contributed by atoms with van der Waals surface area (Å²) in [7, 11) is 0. The third-order valence-corrected chi connectivity index (χ3v) is 2.78. The van der Waals surface area contributed by atoms with Gasteiger partial charge in [-0.15, -0.1) is 0 Å². The van der Waals surface area contributed by atoms with E-state index in [1.54, 1.807) is 0 Å². The van der Waals surface area contributed by atoms with E-state index in [9.17, 15) is 0 Å². The van der Waals surface area contributed by atoms with Crippen LogP contribution in [0.25, 0.3) is 0 Å². The second-order valence-corrected chi connectivity index (χ2v) is 4.42. The van der Waals surface area contributed by atoms with E-state index >= 15 is 0 Å². The molecular weight excluding hydrogens is 212 g/mol. The second kappa shape index (κ2) is 4.49. The number of nitrogens with two attached hydrogens (primary N) is 1. The Morgan fingerprint density at radius 3 is 2.71 bits per heavy atom. The molecular formula is C13H18N4. The Balaban J connectivity index is 2.22. The van der Waals surface area contributed by atoms with Crippen LogP contribution in [-0.2, 0) is 0 Å². The number of nitrogens with one attached hydrogen (secondary N) is 1. The van der Waals surface area contributed by atoms with Gasteiger partial charge in [0.25, 0.3) is 0 Å². The molecule has 0 atom stereocenters. The number of hydrogen-bond acceptors (Lipinski definition) is 3. The van der Waals surface area contributed by atoms with Crippen molar-refractivity contribution in [3.8, 4) is 0 Å². The molecule has 0 unspecified atom stereocenters. The van der Waals surface area contributed by atoms with Gasteiger partial charge < -0.3 is 11.1 Å². The highest BCUT2D eigenvalue weighted by Gasteiger charge is 2.05. The first kappa shape index (κ1) is 11.5. The number of benzene rings is 1. The van der Waals surface area contributed by atoms with E-state index in [0.717, 1.165) is 22.8 Å². The zero-order valence-electron chi connectivity index (χ0n) is 10.4. The molecule has 17 heavy (non-hydrogen) atoms. The smallest absolute Gasteiger partial charge is 0.152 e. The molecule has 0 spiro atoms. The monoisotopic (exact) mass is 230 g/mol. The molecule has 1 heterocycles. The van der Waals surface area contributed by atoms with Gasteiger partial charge in [0, 0.05) is 29.7 Å². The minimum atomic E-state index is 0.368. The van der Waals surface area contributed by atoms with Crippen molar-refractivity contribution in [1.29, 1.82) is 0 Å². The summed E-state index contributed by atoms with van der Waals surface area (Å²) >= 11 is 0. The fourth-order valence-corrected chi connectivity index (χ4v) is 1.62. The normalized spacial score (nSPS) is 10.8. The van der Waals surface area contributed by atoms with Crippen molar-refractivity contribution in [3.63, 3.8) is 0 Å². The van der Waals surface area contributed by atoms with E-state index in [1.165, 1.54) is 0 Å². The zero-order valence-corrected chi connectivity index (χ0v) is 10.4. The molecule has 0 bridgehead atoms. The average Bonchev–Trinajstić information content (AvgIpc) is 2.73. The fourth-order valence-electron chi connectivity index (χ4n) is 1.62. The summed E-state index contributed by atoms with van der Waals surface area (Å²) in [5.41, 5.74) is 8.70. The lowest BCUT2D eigenvalue weighted by Crippen LogP contribution is -2.02. The van der Waals surface area contributed by atoms with Crippen LogP contribution in [-0.4, -0.2) is 9.78 Å².